The van der Waals surface area contributed by atoms with Gasteiger partial charge < -0.3 is 10.5 Å². The van der Waals surface area contributed by atoms with Crippen LogP contribution in [0.25, 0.3) is 0 Å². The molecule has 0 aliphatic heterocycles. The zero-order chi connectivity index (χ0) is 12.0. The highest BCUT2D eigenvalue weighted by atomic mass is 79.9. The summed E-state index contributed by atoms with van der Waals surface area (Å²) in [6.07, 6.45) is 1.87. The van der Waals surface area contributed by atoms with Crippen molar-refractivity contribution in [1.29, 1.82) is 0 Å². The first-order valence-corrected chi connectivity index (χ1v) is 5.78. The zero-order valence-corrected chi connectivity index (χ0v) is 10.7. The van der Waals surface area contributed by atoms with Gasteiger partial charge in [0.05, 0.1) is 6.61 Å². The highest BCUT2D eigenvalue weighted by Crippen LogP contribution is 2.12. The number of halogens is 1. The second-order valence-corrected chi connectivity index (χ2v) is 4.19. The molecule has 0 bridgehead atoms. The molecule has 0 unspecified atom stereocenters. The standard InChI is InChI=1S/C12H14BrNO2/c1-2-16-12(15)8-11(14)7-9-3-5-10(13)6-4-9/h3-6,8H,2,7,14H2,1H3/b11-8-. The summed E-state index contributed by atoms with van der Waals surface area (Å²) in [4.78, 5) is 11.1. The van der Waals surface area contributed by atoms with Crippen LogP contribution in [0.15, 0.2) is 40.5 Å². The summed E-state index contributed by atoms with van der Waals surface area (Å²) in [6, 6.07) is 7.78. The summed E-state index contributed by atoms with van der Waals surface area (Å²) >= 11 is 3.35. The van der Waals surface area contributed by atoms with Crippen molar-refractivity contribution < 1.29 is 9.53 Å². The van der Waals surface area contributed by atoms with E-state index in [0.717, 1.165) is 10.0 Å². The van der Waals surface area contributed by atoms with E-state index in [2.05, 4.69) is 15.9 Å². The monoisotopic (exact) mass is 283 g/mol. The minimum atomic E-state index is -0.392. The van der Waals surface area contributed by atoms with Gasteiger partial charge in [0.25, 0.3) is 0 Å². The van der Waals surface area contributed by atoms with Crippen LogP contribution >= 0.6 is 15.9 Å². The quantitative estimate of drug-likeness (QED) is 0.682. The molecule has 0 aliphatic carbocycles. The molecule has 1 aromatic rings. The van der Waals surface area contributed by atoms with Gasteiger partial charge in [-0.25, -0.2) is 4.79 Å². The van der Waals surface area contributed by atoms with Gasteiger partial charge >= 0.3 is 5.97 Å². The molecule has 0 spiro atoms. The molecule has 4 heteroatoms. The topological polar surface area (TPSA) is 52.3 Å². The Hall–Kier alpha value is -1.29. The van der Waals surface area contributed by atoms with E-state index >= 15 is 0 Å². The van der Waals surface area contributed by atoms with Crippen molar-refractivity contribution in [1.82, 2.24) is 0 Å². The van der Waals surface area contributed by atoms with Crippen LogP contribution < -0.4 is 5.73 Å². The lowest BCUT2D eigenvalue weighted by Crippen LogP contribution is -2.07. The molecule has 0 radical (unpaired) electrons. The molecule has 86 valence electrons. The van der Waals surface area contributed by atoms with Gasteiger partial charge in [0.15, 0.2) is 0 Å². The first-order chi connectivity index (χ1) is 7.61. The van der Waals surface area contributed by atoms with Gasteiger partial charge in [-0.15, -0.1) is 0 Å². The number of hydrogen-bond donors (Lipinski definition) is 1. The number of carbonyl (C=O) groups excluding carboxylic acids is 1. The number of nitrogens with two attached hydrogens (primary N) is 1. The summed E-state index contributed by atoms with van der Waals surface area (Å²) in [5, 5.41) is 0. The van der Waals surface area contributed by atoms with Crippen molar-refractivity contribution in [2.45, 2.75) is 13.3 Å². The number of hydrogen-bond acceptors (Lipinski definition) is 3. The van der Waals surface area contributed by atoms with E-state index in [0.29, 0.717) is 18.7 Å². The average molecular weight is 284 g/mol. The third kappa shape index (κ3) is 4.49. The van der Waals surface area contributed by atoms with Crippen molar-refractivity contribution in [3.05, 3.63) is 46.1 Å². The number of ether oxygens (including phenoxy) is 1. The molecule has 3 nitrogen and oxygen atoms in total. The Morgan fingerprint density at radius 2 is 2.06 bits per heavy atom. The predicted octanol–water partition coefficient (Wildman–Crippen LogP) is 2.40. The van der Waals surface area contributed by atoms with E-state index in [1.54, 1.807) is 6.92 Å². The average Bonchev–Trinajstić information content (AvgIpc) is 2.21. The molecule has 0 fully saturated rings. The third-order valence-corrected chi connectivity index (χ3v) is 2.44. The highest BCUT2D eigenvalue weighted by Gasteiger charge is 2.00. The van der Waals surface area contributed by atoms with Gasteiger partial charge in [-0.3, -0.25) is 0 Å². The maximum absolute atomic E-state index is 11.1. The van der Waals surface area contributed by atoms with Crippen LogP contribution in [0.4, 0.5) is 0 Å². The molecule has 0 aromatic heterocycles. The van der Waals surface area contributed by atoms with Crippen LogP contribution in [-0.4, -0.2) is 12.6 Å². The number of rotatable bonds is 4. The Balaban J connectivity index is 2.60. The smallest absolute Gasteiger partial charge is 0.332 e. The van der Waals surface area contributed by atoms with E-state index < -0.39 is 5.97 Å². The minimum Gasteiger partial charge on any atom is -0.463 e. The lowest BCUT2D eigenvalue weighted by molar-refractivity contribution is -0.137. The summed E-state index contributed by atoms with van der Waals surface area (Å²) in [7, 11) is 0. The molecule has 1 aromatic carbocycles. The van der Waals surface area contributed by atoms with Gasteiger partial charge in [-0.2, -0.15) is 0 Å². The molecular formula is C12H14BrNO2. The fraction of sp³-hybridized carbons (Fsp3) is 0.250. The Bertz CT molecular complexity index is 385. The van der Waals surface area contributed by atoms with Crippen LogP contribution in [0.2, 0.25) is 0 Å². The Morgan fingerprint density at radius 3 is 2.62 bits per heavy atom. The van der Waals surface area contributed by atoms with Crippen molar-refractivity contribution >= 4 is 21.9 Å². The van der Waals surface area contributed by atoms with Crippen LogP contribution in [-0.2, 0) is 16.0 Å². The van der Waals surface area contributed by atoms with Gasteiger partial charge in [0, 0.05) is 22.7 Å². The Kier molecular flexibility index (Phi) is 5.05. The molecule has 0 saturated carbocycles. The number of carbonyl (C=O) groups is 1. The third-order valence-electron chi connectivity index (χ3n) is 1.91. The lowest BCUT2D eigenvalue weighted by Gasteiger charge is -2.02. The van der Waals surface area contributed by atoms with Crippen LogP contribution in [0.3, 0.4) is 0 Å². The summed E-state index contributed by atoms with van der Waals surface area (Å²) in [5.41, 5.74) is 7.28. The maximum atomic E-state index is 11.1. The van der Waals surface area contributed by atoms with Gasteiger partial charge in [-0.05, 0) is 24.6 Å². The van der Waals surface area contributed by atoms with Crippen molar-refractivity contribution in [3.8, 4) is 0 Å². The summed E-state index contributed by atoms with van der Waals surface area (Å²) in [6.45, 7) is 2.12. The molecule has 0 atom stereocenters. The molecule has 0 aliphatic rings. The number of esters is 1. The van der Waals surface area contributed by atoms with Crippen LogP contribution in [0.5, 0.6) is 0 Å². The van der Waals surface area contributed by atoms with E-state index in [1.807, 2.05) is 24.3 Å². The fourth-order valence-corrected chi connectivity index (χ4v) is 1.49. The van der Waals surface area contributed by atoms with E-state index in [-0.39, 0.29) is 0 Å². The lowest BCUT2D eigenvalue weighted by atomic mass is 10.1. The normalized spacial score (nSPS) is 11.2. The van der Waals surface area contributed by atoms with Crippen molar-refractivity contribution in [3.63, 3.8) is 0 Å². The molecule has 0 heterocycles. The molecular weight excluding hydrogens is 270 g/mol. The highest BCUT2D eigenvalue weighted by molar-refractivity contribution is 9.10. The molecule has 0 saturated heterocycles. The molecule has 2 N–H and O–H groups in total. The SMILES string of the molecule is CCOC(=O)/C=C(\N)Cc1ccc(Br)cc1. The maximum Gasteiger partial charge on any atom is 0.332 e. The molecule has 1 rings (SSSR count). The first kappa shape index (κ1) is 12.8. The second-order valence-electron chi connectivity index (χ2n) is 3.27. The minimum absolute atomic E-state index is 0.362. The van der Waals surface area contributed by atoms with E-state index in [1.165, 1.54) is 6.08 Å². The first-order valence-electron chi connectivity index (χ1n) is 4.99. The number of allylic oxidation sites excluding steroid dienone is 1. The van der Waals surface area contributed by atoms with Gasteiger partial charge in [0.2, 0.25) is 0 Å². The van der Waals surface area contributed by atoms with E-state index in [9.17, 15) is 4.79 Å². The Labute approximate surface area is 103 Å². The predicted molar refractivity (Wildman–Crippen MR) is 66.7 cm³/mol. The summed E-state index contributed by atoms with van der Waals surface area (Å²) < 4.78 is 5.78. The van der Waals surface area contributed by atoms with Crippen LogP contribution in [0.1, 0.15) is 12.5 Å². The Morgan fingerprint density at radius 1 is 1.44 bits per heavy atom. The van der Waals surface area contributed by atoms with Gasteiger partial charge in [0.1, 0.15) is 0 Å². The number of benzene rings is 1. The van der Waals surface area contributed by atoms with Crippen LogP contribution in [0, 0.1) is 0 Å². The van der Waals surface area contributed by atoms with Crippen molar-refractivity contribution in [2.75, 3.05) is 6.61 Å². The molecule has 0 amide bonds. The molecule has 16 heavy (non-hydrogen) atoms. The second kappa shape index (κ2) is 6.33. The van der Waals surface area contributed by atoms with E-state index in [4.69, 9.17) is 10.5 Å². The zero-order valence-electron chi connectivity index (χ0n) is 9.07. The largest absolute Gasteiger partial charge is 0.463 e. The fourth-order valence-electron chi connectivity index (χ4n) is 1.22. The van der Waals surface area contributed by atoms with Crippen molar-refractivity contribution in [2.24, 2.45) is 5.73 Å². The summed E-state index contributed by atoms with van der Waals surface area (Å²) in [5.74, 6) is -0.392. The van der Waals surface area contributed by atoms with Gasteiger partial charge in [-0.1, -0.05) is 28.1 Å².